The van der Waals surface area contributed by atoms with Gasteiger partial charge in [-0.2, -0.15) is 0 Å². The Labute approximate surface area is 158 Å². The van der Waals surface area contributed by atoms with Crippen molar-refractivity contribution >= 4 is 11.6 Å². The van der Waals surface area contributed by atoms with Crippen molar-refractivity contribution in [2.45, 2.75) is 0 Å². The summed E-state index contributed by atoms with van der Waals surface area (Å²) in [7, 11) is 1.88. The molecule has 0 saturated carbocycles. The molecule has 1 amide bonds. The average Bonchev–Trinajstić information content (AvgIpc) is 3.07. The second kappa shape index (κ2) is 7.30. The van der Waals surface area contributed by atoms with Gasteiger partial charge in [0.1, 0.15) is 0 Å². The summed E-state index contributed by atoms with van der Waals surface area (Å²) in [5, 5.41) is 2.92. The molecule has 4 nitrogen and oxygen atoms in total. The van der Waals surface area contributed by atoms with Crippen LogP contribution in [0.15, 0.2) is 91.0 Å². The highest BCUT2D eigenvalue weighted by Crippen LogP contribution is 2.32. The number of benzene rings is 3. The number of rotatable bonds is 4. The van der Waals surface area contributed by atoms with Crippen molar-refractivity contribution in [2.75, 3.05) is 5.32 Å². The summed E-state index contributed by atoms with van der Waals surface area (Å²) in [6, 6.07) is 29.4. The van der Waals surface area contributed by atoms with Gasteiger partial charge in [0.2, 0.25) is 0 Å². The van der Waals surface area contributed by atoms with Gasteiger partial charge in [-0.3, -0.25) is 4.79 Å². The lowest BCUT2D eigenvalue weighted by Crippen LogP contribution is -2.17. The minimum atomic E-state index is -0.233. The Hall–Kier alpha value is -3.66. The summed E-state index contributed by atoms with van der Waals surface area (Å²) in [6.07, 6.45) is 0. The molecule has 27 heavy (non-hydrogen) atoms. The average molecular weight is 353 g/mol. The number of carbonyl (C=O) groups is 1. The largest absolute Gasteiger partial charge is 0.322 e. The van der Waals surface area contributed by atoms with Crippen molar-refractivity contribution in [3.63, 3.8) is 0 Å². The van der Waals surface area contributed by atoms with E-state index < -0.39 is 0 Å². The SMILES string of the molecule is Cn1c(C(=O)Nc2ccccc2)nc(-c2ccccc2)c1-c1ccccc1. The highest BCUT2D eigenvalue weighted by atomic mass is 16.2. The van der Waals surface area contributed by atoms with E-state index in [9.17, 15) is 4.79 Å². The predicted molar refractivity (Wildman–Crippen MR) is 108 cm³/mol. The quantitative estimate of drug-likeness (QED) is 0.561. The minimum Gasteiger partial charge on any atom is -0.322 e. The molecule has 0 aliphatic heterocycles. The lowest BCUT2D eigenvalue weighted by Gasteiger charge is -2.08. The fourth-order valence-corrected chi connectivity index (χ4v) is 3.13. The molecule has 0 spiro atoms. The van der Waals surface area contributed by atoms with E-state index in [2.05, 4.69) is 5.32 Å². The van der Waals surface area contributed by atoms with Crippen LogP contribution in [-0.2, 0) is 7.05 Å². The van der Waals surface area contributed by atoms with Crippen LogP contribution in [0.5, 0.6) is 0 Å². The van der Waals surface area contributed by atoms with Gasteiger partial charge in [-0.05, 0) is 12.1 Å². The first-order valence-electron chi connectivity index (χ1n) is 8.78. The first-order valence-corrected chi connectivity index (χ1v) is 8.78. The molecule has 0 unspecified atom stereocenters. The number of carbonyl (C=O) groups excluding carboxylic acids is 1. The molecule has 0 fully saturated rings. The van der Waals surface area contributed by atoms with Crippen LogP contribution in [0, 0.1) is 0 Å². The first-order chi connectivity index (χ1) is 13.2. The van der Waals surface area contributed by atoms with Gasteiger partial charge in [0, 0.05) is 23.9 Å². The number of hydrogen-bond donors (Lipinski definition) is 1. The Kier molecular flexibility index (Phi) is 4.54. The number of nitrogens with zero attached hydrogens (tertiary/aromatic N) is 2. The van der Waals surface area contributed by atoms with Gasteiger partial charge in [-0.15, -0.1) is 0 Å². The van der Waals surface area contributed by atoms with E-state index in [1.54, 1.807) is 0 Å². The van der Waals surface area contributed by atoms with Crippen LogP contribution >= 0.6 is 0 Å². The molecule has 4 heteroatoms. The molecule has 0 atom stereocenters. The van der Waals surface area contributed by atoms with E-state index in [4.69, 9.17) is 4.98 Å². The Morgan fingerprint density at radius 1 is 0.778 bits per heavy atom. The molecule has 3 aromatic carbocycles. The molecule has 1 heterocycles. The third-order valence-electron chi connectivity index (χ3n) is 4.42. The van der Waals surface area contributed by atoms with E-state index in [1.807, 2.05) is 103 Å². The lowest BCUT2D eigenvalue weighted by molar-refractivity contribution is 0.101. The van der Waals surface area contributed by atoms with Gasteiger partial charge < -0.3 is 9.88 Å². The molecule has 0 aliphatic rings. The summed E-state index contributed by atoms with van der Waals surface area (Å²) >= 11 is 0. The van der Waals surface area contributed by atoms with Crippen molar-refractivity contribution in [3.05, 3.63) is 96.8 Å². The fraction of sp³-hybridized carbons (Fsp3) is 0.0435. The second-order valence-electron chi connectivity index (χ2n) is 6.24. The molecule has 4 rings (SSSR count). The number of anilines is 1. The molecule has 1 N–H and O–H groups in total. The second-order valence-corrected chi connectivity index (χ2v) is 6.24. The van der Waals surface area contributed by atoms with Crippen LogP contribution in [-0.4, -0.2) is 15.5 Å². The fourth-order valence-electron chi connectivity index (χ4n) is 3.13. The minimum absolute atomic E-state index is 0.233. The Bertz CT molecular complexity index is 1060. The van der Waals surface area contributed by atoms with Crippen molar-refractivity contribution in [1.82, 2.24) is 9.55 Å². The maximum atomic E-state index is 12.9. The lowest BCUT2D eigenvalue weighted by atomic mass is 10.1. The molecular weight excluding hydrogens is 334 g/mol. The molecule has 4 aromatic rings. The summed E-state index contributed by atoms with van der Waals surface area (Å²) in [5.41, 5.74) is 4.45. The molecular formula is C23H19N3O. The molecule has 0 radical (unpaired) electrons. The zero-order valence-corrected chi connectivity index (χ0v) is 15.0. The van der Waals surface area contributed by atoms with Gasteiger partial charge in [0.05, 0.1) is 11.4 Å². The summed E-state index contributed by atoms with van der Waals surface area (Å²) in [4.78, 5) is 17.6. The van der Waals surface area contributed by atoms with Crippen LogP contribution in [0.2, 0.25) is 0 Å². The molecule has 0 saturated heterocycles. The number of nitrogens with one attached hydrogen (secondary N) is 1. The number of amides is 1. The van der Waals surface area contributed by atoms with Gasteiger partial charge in [0.25, 0.3) is 5.91 Å². The van der Waals surface area contributed by atoms with Gasteiger partial charge >= 0.3 is 0 Å². The van der Waals surface area contributed by atoms with Crippen molar-refractivity contribution in [2.24, 2.45) is 7.05 Å². The van der Waals surface area contributed by atoms with E-state index in [0.29, 0.717) is 5.82 Å². The summed E-state index contributed by atoms with van der Waals surface area (Å²) in [6.45, 7) is 0. The van der Waals surface area contributed by atoms with Crippen LogP contribution < -0.4 is 5.32 Å². The smallest absolute Gasteiger partial charge is 0.291 e. The number of imidazole rings is 1. The highest BCUT2D eigenvalue weighted by Gasteiger charge is 2.22. The highest BCUT2D eigenvalue weighted by molar-refractivity contribution is 6.03. The van der Waals surface area contributed by atoms with Crippen LogP contribution in [0.1, 0.15) is 10.6 Å². The monoisotopic (exact) mass is 353 g/mol. The van der Waals surface area contributed by atoms with E-state index >= 15 is 0 Å². The van der Waals surface area contributed by atoms with E-state index in [-0.39, 0.29) is 5.91 Å². The van der Waals surface area contributed by atoms with Crippen molar-refractivity contribution in [1.29, 1.82) is 0 Å². The number of hydrogen-bond acceptors (Lipinski definition) is 2. The van der Waals surface area contributed by atoms with Gasteiger partial charge in [0.15, 0.2) is 5.82 Å². The Morgan fingerprint density at radius 2 is 1.30 bits per heavy atom. The maximum absolute atomic E-state index is 12.9. The van der Waals surface area contributed by atoms with Crippen molar-refractivity contribution < 1.29 is 4.79 Å². The molecule has 132 valence electrons. The normalized spacial score (nSPS) is 10.6. The van der Waals surface area contributed by atoms with Gasteiger partial charge in [-0.1, -0.05) is 78.9 Å². The number of para-hydroxylation sites is 1. The zero-order valence-electron chi connectivity index (χ0n) is 15.0. The predicted octanol–water partition coefficient (Wildman–Crippen LogP) is 5.01. The number of aromatic nitrogens is 2. The molecule has 0 bridgehead atoms. The Balaban J connectivity index is 1.82. The van der Waals surface area contributed by atoms with Gasteiger partial charge in [-0.25, -0.2) is 4.98 Å². The standard InChI is InChI=1S/C23H19N3O/c1-26-21(18-13-7-3-8-14-18)20(17-11-5-2-6-12-17)25-22(26)23(27)24-19-15-9-4-10-16-19/h2-16H,1H3,(H,24,27). The third-order valence-corrected chi connectivity index (χ3v) is 4.42. The first kappa shape index (κ1) is 16.8. The van der Waals surface area contributed by atoms with Crippen LogP contribution in [0.3, 0.4) is 0 Å². The molecule has 0 aliphatic carbocycles. The van der Waals surface area contributed by atoms with Crippen LogP contribution in [0.25, 0.3) is 22.5 Å². The van der Waals surface area contributed by atoms with Crippen LogP contribution in [0.4, 0.5) is 5.69 Å². The summed E-state index contributed by atoms with van der Waals surface area (Å²) < 4.78 is 1.86. The maximum Gasteiger partial charge on any atom is 0.291 e. The van der Waals surface area contributed by atoms with Crippen molar-refractivity contribution in [3.8, 4) is 22.5 Å². The Morgan fingerprint density at radius 3 is 1.89 bits per heavy atom. The molecule has 1 aromatic heterocycles. The van der Waals surface area contributed by atoms with E-state index in [1.165, 1.54) is 0 Å². The summed E-state index contributed by atoms with van der Waals surface area (Å²) in [5.74, 6) is 0.139. The topological polar surface area (TPSA) is 46.9 Å². The third kappa shape index (κ3) is 3.37. The van der Waals surface area contributed by atoms with E-state index in [0.717, 1.165) is 28.2 Å². The zero-order chi connectivity index (χ0) is 18.6.